The van der Waals surface area contributed by atoms with E-state index in [1.54, 1.807) is 35.2 Å². The first-order valence-corrected chi connectivity index (χ1v) is 8.52. The summed E-state index contributed by atoms with van der Waals surface area (Å²) in [5.41, 5.74) is 1.33. The third kappa shape index (κ3) is 4.79. The molecule has 132 valence electrons. The van der Waals surface area contributed by atoms with Crippen LogP contribution >= 0.6 is 0 Å². The molecule has 2 aromatic carbocycles. The largest absolute Gasteiger partial charge is 0.508 e. The van der Waals surface area contributed by atoms with E-state index in [0.29, 0.717) is 30.8 Å². The van der Waals surface area contributed by atoms with E-state index in [1.807, 2.05) is 6.07 Å². The molecule has 1 heterocycles. The molecule has 1 fully saturated rings. The molecule has 4 nitrogen and oxygen atoms in total. The number of amides is 1. The van der Waals surface area contributed by atoms with Crippen LogP contribution in [0.25, 0.3) is 0 Å². The van der Waals surface area contributed by atoms with Gasteiger partial charge >= 0.3 is 0 Å². The van der Waals surface area contributed by atoms with Crippen molar-refractivity contribution in [2.24, 2.45) is 0 Å². The molecule has 1 amide bonds. The highest BCUT2D eigenvalue weighted by Crippen LogP contribution is 2.21. The first kappa shape index (κ1) is 17.4. The van der Waals surface area contributed by atoms with Crippen molar-refractivity contribution in [2.75, 3.05) is 13.2 Å². The van der Waals surface area contributed by atoms with Crippen molar-refractivity contribution in [1.29, 1.82) is 0 Å². The van der Waals surface area contributed by atoms with Crippen molar-refractivity contribution in [2.45, 2.75) is 31.9 Å². The Hall–Kier alpha value is -2.40. The Morgan fingerprint density at radius 2 is 2.08 bits per heavy atom. The maximum atomic E-state index is 13.4. The Bertz CT molecular complexity index is 728. The number of benzene rings is 2. The summed E-state index contributed by atoms with van der Waals surface area (Å²) >= 11 is 0. The number of halogens is 1. The molecule has 1 aliphatic heterocycles. The van der Waals surface area contributed by atoms with Gasteiger partial charge in [0.25, 0.3) is 0 Å². The van der Waals surface area contributed by atoms with E-state index in [1.165, 1.54) is 12.1 Å². The minimum Gasteiger partial charge on any atom is -0.508 e. The van der Waals surface area contributed by atoms with Crippen LogP contribution in [0.2, 0.25) is 0 Å². The molecule has 0 bridgehead atoms. The number of ether oxygens (including phenoxy) is 1. The second-order valence-corrected chi connectivity index (χ2v) is 6.34. The van der Waals surface area contributed by atoms with Crippen LogP contribution < -0.4 is 0 Å². The normalized spacial score (nSPS) is 16.8. The van der Waals surface area contributed by atoms with E-state index in [-0.39, 0.29) is 30.0 Å². The number of para-hydroxylation sites is 1. The minimum absolute atomic E-state index is 0.0160. The summed E-state index contributed by atoms with van der Waals surface area (Å²) in [7, 11) is 0. The molecule has 1 atom stereocenters. The third-order valence-corrected chi connectivity index (χ3v) is 4.40. The van der Waals surface area contributed by atoms with Crippen LogP contribution in [-0.4, -0.2) is 35.2 Å². The van der Waals surface area contributed by atoms with E-state index >= 15 is 0 Å². The van der Waals surface area contributed by atoms with Gasteiger partial charge in [-0.25, -0.2) is 4.39 Å². The van der Waals surface area contributed by atoms with Crippen molar-refractivity contribution in [3.8, 4) is 5.75 Å². The summed E-state index contributed by atoms with van der Waals surface area (Å²) in [5.74, 6) is -0.292. The van der Waals surface area contributed by atoms with Crippen LogP contribution in [0.15, 0.2) is 48.5 Å². The average molecular weight is 343 g/mol. The molecule has 1 N–H and O–H groups in total. The molecule has 1 unspecified atom stereocenters. The molecule has 3 rings (SSSR count). The maximum absolute atomic E-state index is 13.4. The molecular formula is C20H22FNO3. The lowest BCUT2D eigenvalue weighted by Crippen LogP contribution is -2.37. The van der Waals surface area contributed by atoms with Crippen molar-refractivity contribution >= 4 is 5.91 Å². The zero-order valence-electron chi connectivity index (χ0n) is 14.0. The molecular weight excluding hydrogens is 321 g/mol. The topological polar surface area (TPSA) is 49.8 Å². The number of hydrogen-bond acceptors (Lipinski definition) is 3. The SMILES string of the molecule is O=C(Cc1cccc(F)c1)N(Cc1ccccc1O)CC1CCCO1. The van der Waals surface area contributed by atoms with Crippen molar-refractivity contribution in [3.05, 3.63) is 65.5 Å². The lowest BCUT2D eigenvalue weighted by Gasteiger charge is -2.26. The third-order valence-electron chi connectivity index (χ3n) is 4.40. The van der Waals surface area contributed by atoms with Crippen molar-refractivity contribution in [1.82, 2.24) is 4.90 Å². The van der Waals surface area contributed by atoms with Crippen molar-refractivity contribution < 1.29 is 19.0 Å². The Labute approximate surface area is 146 Å². The number of phenolic OH excluding ortho intramolecular Hbond substituents is 1. The van der Waals surface area contributed by atoms with Gasteiger partial charge in [0.05, 0.1) is 12.5 Å². The zero-order valence-corrected chi connectivity index (χ0v) is 14.0. The van der Waals surface area contributed by atoms with Gasteiger partial charge in [0.15, 0.2) is 0 Å². The Kier molecular flexibility index (Phi) is 5.66. The molecule has 0 aromatic heterocycles. The molecule has 25 heavy (non-hydrogen) atoms. The highest BCUT2D eigenvalue weighted by atomic mass is 19.1. The lowest BCUT2D eigenvalue weighted by atomic mass is 10.1. The Morgan fingerprint density at radius 1 is 1.24 bits per heavy atom. The summed E-state index contributed by atoms with van der Waals surface area (Å²) in [6.07, 6.45) is 2.05. The first-order chi connectivity index (χ1) is 12.1. The van der Waals surface area contributed by atoms with E-state index < -0.39 is 0 Å². The van der Waals surface area contributed by atoms with Crippen LogP contribution in [0, 0.1) is 5.82 Å². The van der Waals surface area contributed by atoms with Gasteiger partial charge in [-0.05, 0) is 36.6 Å². The number of nitrogens with zero attached hydrogens (tertiary/aromatic N) is 1. The molecule has 5 heteroatoms. The lowest BCUT2D eigenvalue weighted by molar-refractivity contribution is -0.132. The predicted molar refractivity (Wildman–Crippen MR) is 92.6 cm³/mol. The van der Waals surface area contributed by atoms with Gasteiger partial charge in [0.2, 0.25) is 5.91 Å². The number of phenols is 1. The molecule has 0 saturated carbocycles. The summed E-state index contributed by atoms with van der Waals surface area (Å²) in [6.45, 7) is 1.50. The summed E-state index contributed by atoms with van der Waals surface area (Å²) in [4.78, 5) is 14.5. The molecule has 0 radical (unpaired) electrons. The van der Waals surface area contributed by atoms with E-state index in [0.717, 1.165) is 12.8 Å². The Balaban J connectivity index is 1.74. The molecule has 0 aliphatic carbocycles. The van der Waals surface area contributed by atoms with Crippen molar-refractivity contribution in [3.63, 3.8) is 0 Å². The number of rotatable bonds is 6. The maximum Gasteiger partial charge on any atom is 0.227 e. The number of hydrogen-bond donors (Lipinski definition) is 1. The van der Waals surface area contributed by atoms with Crippen LogP contribution in [0.5, 0.6) is 5.75 Å². The summed E-state index contributed by atoms with van der Waals surface area (Å²) in [6, 6.07) is 13.1. The first-order valence-electron chi connectivity index (χ1n) is 8.52. The fraction of sp³-hybridized carbons (Fsp3) is 0.350. The van der Waals surface area contributed by atoms with E-state index in [9.17, 15) is 14.3 Å². The molecule has 2 aromatic rings. The number of carbonyl (C=O) groups is 1. The van der Waals surface area contributed by atoms with Gasteiger partial charge in [-0.1, -0.05) is 30.3 Å². The predicted octanol–water partition coefficient (Wildman–Crippen LogP) is 3.28. The molecule has 1 saturated heterocycles. The van der Waals surface area contributed by atoms with Crippen LogP contribution in [0.1, 0.15) is 24.0 Å². The van der Waals surface area contributed by atoms with Gasteiger partial charge in [-0.2, -0.15) is 0 Å². The van der Waals surface area contributed by atoms with E-state index in [4.69, 9.17) is 4.74 Å². The molecule has 0 spiro atoms. The van der Waals surface area contributed by atoms with Gasteiger partial charge in [0, 0.05) is 25.3 Å². The van der Waals surface area contributed by atoms with E-state index in [2.05, 4.69) is 0 Å². The van der Waals surface area contributed by atoms with Gasteiger partial charge < -0.3 is 14.7 Å². The summed E-state index contributed by atoms with van der Waals surface area (Å²) < 4.78 is 19.0. The highest BCUT2D eigenvalue weighted by Gasteiger charge is 2.23. The fourth-order valence-electron chi connectivity index (χ4n) is 3.07. The quantitative estimate of drug-likeness (QED) is 0.876. The number of carbonyl (C=O) groups excluding carboxylic acids is 1. The van der Waals surface area contributed by atoms with Gasteiger partial charge in [-0.3, -0.25) is 4.79 Å². The smallest absolute Gasteiger partial charge is 0.227 e. The molecule has 1 aliphatic rings. The van der Waals surface area contributed by atoms with Gasteiger partial charge in [0.1, 0.15) is 11.6 Å². The Morgan fingerprint density at radius 3 is 2.80 bits per heavy atom. The van der Waals surface area contributed by atoms with Crippen LogP contribution in [-0.2, 0) is 22.5 Å². The second-order valence-electron chi connectivity index (χ2n) is 6.34. The standard InChI is InChI=1S/C20H22FNO3/c21-17-7-3-5-15(11-17)12-20(24)22(14-18-8-4-10-25-18)13-16-6-1-2-9-19(16)23/h1-3,5-7,9,11,18,23H,4,8,10,12-14H2. The second kappa shape index (κ2) is 8.12. The van der Waals surface area contributed by atoms with Gasteiger partial charge in [-0.15, -0.1) is 0 Å². The van der Waals surface area contributed by atoms with Crippen LogP contribution in [0.4, 0.5) is 4.39 Å². The number of aromatic hydroxyl groups is 1. The monoisotopic (exact) mass is 343 g/mol. The fourth-order valence-corrected chi connectivity index (χ4v) is 3.07. The summed E-state index contributed by atoms with van der Waals surface area (Å²) in [5, 5.41) is 10.0. The average Bonchev–Trinajstić information content (AvgIpc) is 3.09. The minimum atomic E-state index is -0.350. The highest BCUT2D eigenvalue weighted by molar-refractivity contribution is 5.79. The van der Waals surface area contributed by atoms with Crippen LogP contribution in [0.3, 0.4) is 0 Å². The zero-order chi connectivity index (χ0) is 17.6.